The van der Waals surface area contributed by atoms with Gasteiger partial charge in [-0.25, -0.2) is 0 Å². The molecule has 1 aromatic rings. The summed E-state index contributed by atoms with van der Waals surface area (Å²) in [7, 11) is 3.22. The van der Waals surface area contributed by atoms with Crippen LogP contribution in [-0.2, 0) is 0 Å². The Morgan fingerprint density at radius 2 is 1.64 bits per heavy atom. The molecule has 1 aliphatic heterocycles. The summed E-state index contributed by atoms with van der Waals surface area (Å²) in [5, 5.41) is 0. The molecule has 1 saturated heterocycles. The van der Waals surface area contributed by atoms with Crippen LogP contribution in [0, 0.1) is 5.92 Å². The van der Waals surface area contributed by atoms with Crippen LogP contribution in [0.3, 0.4) is 0 Å². The molecular weight excluding hydrogens is 278 g/mol. The summed E-state index contributed by atoms with van der Waals surface area (Å²) in [6.45, 7) is 0.875. The van der Waals surface area contributed by atoms with Crippen LogP contribution in [0.4, 0.5) is 0 Å². The molecule has 0 bridgehead atoms. The lowest BCUT2D eigenvalue weighted by molar-refractivity contribution is 0.0688. The summed E-state index contributed by atoms with van der Waals surface area (Å²) in [6, 6.07) is 5.85. The third-order valence-corrected chi connectivity index (χ3v) is 5.10. The highest BCUT2D eigenvalue weighted by Gasteiger charge is 2.36. The van der Waals surface area contributed by atoms with Crippen molar-refractivity contribution in [2.45, 2.75) is 44.6 Å². The van der Waals surface area contributed by atoms with Gasteiger partial charge >= 0.3 is 0 Å². The minimum Gasteiger partial charge on any atom is -0.497 e. The van der Waals surface area contributed by atoms with E-state index >= 15 is 0 Å². The molecule has 0 radical (unpaired) electrons. The Bertz CT molecular complexity index is 515. The van der Waals surface area contributed by atoms with Crippen molar-refractivity contribution in [2.75, 3.05) is 20.8 Å². The number of carbonyl (C=O) groups excluding carboxylic acids is 1. The normalized spacial score (nSPS) is 22.1. The van der Waals surface area contributed by atoms with Gasteiger partial charge in [0.05, 0.1) is 14.2 Å². The van der Waals surface area contributed by atoms with E-state index in [9.17, 15) is 4.79 Å². The fourth-order valence-electron chi connectivity index (χ4n) is 3.97. The van der Waals surface area contributed by atoms with Crippen molar-refractivity contribution in [2.24, 2.45) is 5.92 Å². The van der Waals surface area contributed by atoms with Gasteiger partial charge in [-0.15, -0.1) is 0 Å². The van der Waals surface area contributed by atoms with Crippen LogP contribution >= 0.6 is 0 Å². The van der Waals surface area contributed by atoms with Crippen LogP contribution in [0.15, 0.2) is 18.2 Å². The Labute approximate surface area is 132 Å². The highest BCUT2D eigenvalue weighted by molar-refractivity contribution is 5.95. The molecule has 1 atom stereocenters. The zero-order chi connectivity index (χ0) is 15.5. The zero-order valence-electron chi connectivity index (χ0n) is 13.5. The molecule has 120 valence electrons. The average Bonchev–Trinajstić information content (AvgIpc) is 3.23. The van der Waals surface area contributed by atoms with E-state index < -0.39 is 0 Å². The van der Waals surface area contributed by atoms with Gasteiger partial charge in [-0.3, -0.25) is 4.79 Å². The number of carbonyl (C=O) groups is 1. The number of likely N-dealkylation sites (tertiary alicyclic amines) is 1. The Kier molecular flexibility index (Phi) is 4.55. The number of hydrogen-bond acceptors (Lipinski definition) is 3. The summed E-state index contributed by atoms with van der Waals surface area (Å²) in [5.74, 6) is 2.14. The van der Waals surface area contributed by atoms with Gasteiger partial charge in [-0.05, 0) is 43.7 Å². The van der Waals surface area contributed by atoms with Gasteiger partial charge in [0.2, 0.25) is 0 Å². The molecule has 0 N–H and O–H groups in total. The minimum atomic E-state index is 0.117. The summed E-state index contributed by atoms with van der Waals surface area (Å²) < 4.78 is 10.6. The van der Waals surface area contributed by atoms with E-state index in [1.165, 1.54) is 25.7 Å². The van der Waals surface area contributed by atoms with Gasteiger partial charge in [0.25, 0.3) is 5.91 Å². The standard InChI is InChI=1S/C18H25NO3/c1-21-15-10-14(11-16(12-15)22-2)18(20)19-9-5-8-17(19)13-6-3-4-7-13/h10-13,17H,3-9H2,1-2H3. The van der Waals surface area contributed by atoms with Crippen molar-refractivity contribution in [3.8, 4) is 11.5 Å². The first-order valence-corrected chi connectivity index (χ1v) is 8.27. The molecule has 22 heavy (non-hydrogen) atoms. The summed E-state index contributed by atoms with van der Waals surface area (Å²) in [5.41, 5.74) is 0.668. The quantitative estimate of drug-likeness (QED) is 0.854. The minimum absolute atomic E-state index is 0.117. The Morgan fingerprint density at radius 1 is 1.00 bits per heavy atom. The van der Waals surface area contributed by atoms with Gasteiger partial charge < -0.3 is 14.4 Å². The van der Waals surface area contributed by atoms with E-state index in [-0.39, 0.29) is 5.91 Å². The van der Waals surface area contributed by atoms with E-state index in [4.69, 9.17) is 9.47 Å². The number of rotatable bonds is 4. The number of benzene rings is 1. The maximum Gasteiger partial charge on any atom is 0.254 e. The molecule has 1 heterocycles. The highest BCUT2D eigenvalue weighted by atomic mass is 16.5. The third kappa shape index (κ3) is 2.92. The highest BCUT2D eigenvalue weighted by Crippen LogP contribution is 2.36. The number of ether oxygens (including phenoxy) is 2. The van der Waals surface area contributed by atoms with Crippen LogP contribution in [0.25, 0.3) is 0 Å². The second kappa shape index (κ2) is 6.59. The van der Waals surface area contributed by atoms with Crippen LogP contribution in [0.5, 0.6) is 11.5 Å². The first-order chi connectivity index (χ1) is 10.7. The first-order valence-electron chi connectivity index (χ1n) is 8.27. The molecule has 4 nitrogen and oxygen atoms in total. The van der Waals surface area contributed by atoms with Gasteiger partial charge in [0.1, 0.15) is 11.5 Å². The predicted octanol–water partition coefficient (Wildman–Crippen LogP) is 3.50. The molecule has 2 aliphatic rings. The molecular formula is C18H25NO3. The van der Waals surface area contributed by atoms with Crippen LogP contribution in [0.2, 0.25) is 0 Å². The van der Waals surface area contributed by atoms with E-state index in [1.54, 1.807) is 20.3 Å². The van der Waals surface area contributed by atoms with E-state index in [1.807, 2.05) is 12.1 Å². The summed E-state index contributed by atoms with van der Waals surface area (Å²) in [4.78, 5) is 15.1. The molecule has 1 aromatic carbocycles. The largest absolute Gasteiger partial charge is 0.497 e. The van der Waals surface area contributed by atoms with Gasteiger partial charge in [0, 0.05) is 24.2 Å². The lowest BCUT2D eigenvalue weighted by Gasteiger charge is -2.29. The summed E-state index contributed by atoms with van der Waals surface area (Å²) in [6.07, 6.45) is 7.45. The number of nitrogens with zero attached hydrogens (tertiary/aromatic N) is 1. The van der Waals surface area contributed by atoms with Crippen LogP contribution < -0.4 is 9.47 Å². The van der Waals surface area contributed by atoms with E-state index in [0.29, 0.717) is 29.0 Å². The van der Waals surface area contributed by atoms with Gasteiger partial charge in [0.15, 0.2) is 0 Å². The molecule has 0 spiro atoms. The fourth-order valence-corrected chi connectivity index (χ4v) is 3.97. The molecule has 1 aliphatic carbocycles. The SMILES string of the molecule is COc1cc(OC)cc(C(=O)N2CCCC2C2CCCC2)c1. The van der Waals surface area contributed by atoms with Crippen molar-refractivity contribution in [1.29, 1.82) is 0 Å². The van der Waals surface area contributed by atoms with Crippen molar-refractivity contribution in [1.82, 2.24) is 4.90 Å². The molecule has 0 aromatic heterocycles. The first kappa shape index (κ1) is 15.2. The van der Waals surface area contributed by atoms with Gasteiger partial charge in [-0.1, -0.05) is 12.8 Å². The average molecular weight is 303 g/mol. The van der Waals surface area contributed by atoms with Crippen LogP contribution in [-0.4, -0.2) is 37.6 Å². The van der Waals surface area contributed by atoms with Crippen molar-refractivity contribution in [3.05, 3.63) is 23.8 Å². The second-order valence-corrected chi connectivity index (χ2v) is 6.35. The number of methoxy groups -OCH3 is 2. The molecule has 4 heteroatoms. The zero-order valence-corrected chi connectivity index (χ0v) is 13.5. The molecule has 1 unspecified atom stereocenters. The Balaban J connectivity index is 1.83. The Morgan fingerprint density at radius 3 is 2.23 bits per heavy atom. The lowest BCUT2D eigenvalue weighted by Crippen LogP contribution is -2.39. The molecule has 2 fully saturated rings. The molecule has 3 rings (SSSR count). The van der Waals surface area contributed by atoms with Crippen LogP contribution in [0.1, 0.15) is 48.9 Å². The predicted molar refractivity (Wildman–Crippen MR) is 85.6 cm³/mol. The Hall–Kier alpha value is -1.71. The monoisotopic (exact) mass is 303 g/mol. The molecule has 1 saturated carbocycles. The van der Waals surface area contributed by atoms with E-state index in [2.05, 4.69) is 4.90 Å². The maximum atomic E-state index is 13.0. The van der Waals surface area contributed by atoms with E-state index in [0.717, 1.165) is 19.4 Å². The van der Waals surface area contributed by atoms with Crippen molar-refractivity contribution in [3.63, 3.8) is 0 Å². The third-order valence-electron chi connectivity index (χ3n) is 5.10. The second-order valence-electron chi connectivity index (χ2n) is 6.35. The fraction of sp³-hybridized carbons (Fsp3) is 0.611. The van der Waals surface area contributed by atoms with Crippen molar-refractivity contribution < 1.29 is 14.3 Å². The number of hydrogen-bond donors (Lipinski definition) is 0. The summed E-state index contributed by atoms with van der Waals surface area (Å²) >= 11 is 0. The topological polar surface area (TPSA) is 38.8 Å². The lowest BCUT2D eigenvalue weighted by atomic mass is 9.95. The maximum absolute atomic E-state index is 13.0. The van der Waals surface area contributed by atoms with Gasteiger partial charge in [-0.2, -0.15) is 0 Å². The molecule has 1 amide bonds. The van der Waals surface area contributed by atoms with Crippen molar-refractivity contribution >= 4 is 5.91 Å². The number of amides is 1. The smallest absolute Gasteiger partial charge is 0.254 e.